The van der Waals surface area contributed by atoms with Crippen molar-refractivity contribution in [3.05, 3.63) is 23.8 Å². The summed E-state index contributed by atoms with van der Waals surface area (Å²) >= 11 is 0. The van der Waals surface area contributed by atoms with Gasteiger partial charge in [0.05, 0.1) is 5.57 Å². The summed E-state index contributed by atoms with van der Waals surface area (Å²) < 4.78 is 0. The van der Waals surface area contributed by atoms with Crippen LogP contribution in [0.3, 0.4) is 0 Å². The lowest BCUT2D eigenvalue weighted by Gasteiger charge is -2.14. The van der Waals surface area contributed by atoms with Crippen molar-refractivity contribution in [1.29, 1.82) is 0 Å². The number of aliphatic carboxylic acids is 2. The van der Waals surface area contributed by atoms with Gasteiger partial charge in [-0.25, -0.2) is 9.59 Å². The molecule has 0 aromatic rings. The van der Waals surface area contributed by atoms with Gasteiger partial charge in [-0.05, 0) is 24.8 Å². The number of hydrogen-bond donors (Lipinski definition) is 2. The first-order valence-electron chi connectivity index (χ1n) is 6.78. The van der Waals surface area contributed by atoms with E-state index in [-0.39, 0.29) is 11.1 Å². The maximum atomic E-state index is 11.1. The Morgan fingerprint density at radius 2 is 1.79 bits per heavy atom. The van der Waals surface area contributed by atoms with Gasteiger partial charge in [0.1, 0.15) is 0 Å². The van der Waals surface area contributed by atoms with Crippen LogP contribution in [-0.2, 0) is 9.59 Å². The van der Waals surface area contributed by atoms with Crippen molar-refractivity contribution in [3.63, 3.8) is 0 Å². The highest BCUT2D eigenvalue weighted by molar-refractivity contribution is 5.94. The van der Waals surface area contributed by atoms with Gasteiger partial charge in [-0.1, -0.05) is 46.1 Å². The zero-order chi connectivity index (χ0) is 14.8. The number of carboxylic acid groups (broad SMARTS) is 2. The fraction of sp³-hybridized carbons (Fsp3) is 0.600. The topological polar surface area (TPSA) is 74.6 Å². The Morgan fingerprint density at radius 1 is 1.16 bits per heavy atom. The second-order valence-corrected chi connectivity index (χ2v) is 4.76. The average molecular weight is 268 g/mol. The van der Waals surface area contributed by atoms with Crippen LogP contribution in [-0.4, -0.2) is 22.2 Å². The molecule has 0 saturated heterocycles. The summed E-state index contributed by atoms with van der Waals surface area (Å²) in [5.41, 5.74) is -0.0543. The van der Waals surface area contributed by atoms with Crippen LogP contribution in [0, 0.1) is 5.92 Å². The van der Waals surface area contributed by atoms with Crippen LogP contribution in [0.15, 0.2) is 23.8 Å². The van der Waals surface area contributed by atoms with Crippen LogP contribution >= 0.6 is 0 Å². The summed E-state index contributed by atoms with van der Waals surface area (Å²) in [7, 11) is 0. The highest BCUT2D eigenvalue weighted by Gasteiger charge is 2.13. The Morgan fingerprint density at radius 3 is 2.21 bits per heavy atom. The van der Waals surface area contributed by atoms with Crippen molar-refractivity contribution in [2.45, 2.75) is 52.4 Å². The SMILES string of the molecule is C=C(C=C(CCC(CC)CCCC)C(=O)O)C(=O)O. The van der Waals surface area contributed by atoms with E-state index in [1.807, 2.05) is 0 Å². The van der Waals surface area contributed by atoms with Crippen molar-refractivity contribution >= 4 is 11.9 Å². The van der Waals surface area contributed by atoms with Gasteiger partial charge >= 0.3 is 11.9 Å². The predicted molar refractivity (Wildman–Crippen MR) is 75.0 cm³/mol. The Bertz CT molecular complexity index is 355. The minimum absolute atomic E-state index is 0.127. The predicted octanol–water partition coefficient (Wildman–Crippen LogP) is 3.63. The number of carbonyl (C=O) groups is 2. The molecule has 0 heterocycles. The van der Waals surface area contributed by atoms with E-state index in [2.05, 4.69) is 20.4 Å². The van der Waals surface area contributed by atoms with E-state index in [0.717, 1.165) is 38.2 Å². The summed E-state index contributed by atoms with van der Waals surface area (Å²) in [6, 6.07) is 0. The molecule has 0 rings (SSSR count). The van der Waals surface area contributed by atoms with E-state index in [4.69, 9.17) is 10.2 Å². The summed E-state index contributed by atoms with van der Waals surface area (Å²) in [6.07, 6.45) is 6.73. The Labute approximate surface area is 114 Å². The van der Waals surface area contributed by atoms with E-state index >= 15 is 0 Å². The van der Waals surface area contributed by atoms with Gasteiger partial charge in [-0.2, -0.15) is 0 Å². The number of unbranched alkanes of at least 4 members (excludes halogenated alkanes) is 1. The van der Waals surface area contributed by atoms with Crippen LogP contribution in [0.4, 0.5) is 0 Å². The first-order valence-corrected chi connectivity index (χ1v) is 6.78. The summed E-state index contributed by atoms with van der Waals surface area (Å²) in [4.78, 5) is 21.7. The highest BCUT2D eigenvalue weighted by Crippen LogP contribution is 2.21. The van der Waals surface area contributed by atoms with Crippen molar-refractivity contribution in [2.75, 3.05) is 0 Å². The molecule has 0 bridgehead atoms. The van der Waals surface area contributed by atoms with Crippen LogP contribution in [0.2, 0.25) is 0 Å². The standard InChI is InChI=1S/C15H24O4/c1-4-6-7-12(5-2)8-9-13(15(18)19)10-11(3)14(16)17/h10,12H,3-9H2,1-2H3,(H,16,17)(H,18,19). The molecule has 0 fully saturated rings. The van der Waals surface area contributed by atoms with E-state index in [0.29, 0.717) is 12.3 Å². The van der Waals surface area contributed by atoms with Crippen molar-refractivity contribution in [3.8, 4) is 0 Å². The monoisotopic (exact) mass is 268 g/mol. The van der Waals surface area contributed by atoms with Gasteiger partial charge in [0.15, 0.2) is 0 Å². The molecule has 0 aromatic heterocycles. The van der Waals surface area contributed by atoms with Crippen molar-refractivity contribution in [2.24, 2.45) is 5.92 Å². The minimum Gasteiger partial charge on any atom is -0.478 e. The Balaban J connectivity index is 4.55. The molecule has 0 aromatic carbocycles. The zero-order valence-electron chi connectivity index (χ0n) is 11.8. The molecule has 19 heavy (non-hydrogen) atoms. The van der Waals surface area contributed by atoms with Crippen molar-refractivity contribution < 1.29 is 19.8 Å². The van der Waals surface area contributed by atoms with Crippen LogP contribution < -0.4 is 0 Å². The summed E-state index contributed by atoms with van der Waals surface area (Å²) in [5, 5.41) is 17.8. The molecule has 1 unspecified atom stereocenters. The molecular formula is C15H24O4. The lowest BCUT2D eigenvalue weighted by Crippen LogP contribution is -2.07. The van der Waals surface area contributed by atoms with Crippen LogP contribution in [0.25, 0.3) is 0 Å². The molecule has 1 atom stereocenters. The second-order valence-electron chi connectivity index (χ2n) is 4.76. The van der Waals surface area contributed by atoms with Gasteiger partial charge in [0.2, 0.25) is 0 Å². The molecule has 0 aliphatic heterocycles. The van der Waals surface area contributed by atoms with Gasteiger partial charge in [-0.15, -0.1) is 0 Å². The van der Waals surface area contributed by atoms with E-state index in [1.165, 1.54) is 0 Å². The molecule has 4 heteroatoms. The molecule has 0 radical (unpaired) electrons. The molecular weight excluding hydrogens is 244 g/mol. The summed E-state index contributed by atoms with van der Waals surface area (Å²) in [5.74, 6) is -1.75. The van der Waals surface area contributed by atoms with Gasteiger partial charge in [0.25, 0.3) is 0 Å². The van der Waals surface area contributed by atoms with Gasteiger partial charge < -0.3 is 10.2 Å². The average Bonchev–Trinajstić information content (AvgIpc) is 2.36. The smallest absolute Gasteiger partial charge is 0.335 e. The molecule has 108 valence electrons. The number of rotatable bonds is 10. The number of carboxylic acids is 2. The maximum Gasteiger partial charge on any atom is 0.335 e. The lowest BCUT2D eigenvalue weighted by molar-refractivity contribution is -0.133. The molecule has 0 saturated carbocycles. The molecule has 2 N–H and O–H groups in total. The molecule has 0 aliphatic rings. The molecule has 0 spiro atoms. The Kier molecular flexibility index (Phi) is 8.58. The zero-order valence-corrected chi connectivity index (χ0v) is 11.8. The third kappa shape index (κ3) is 7.44. The van der Waals surface area contributed by atoms with Crippen molar-refractivity contribution in [1.82, 2.24) is 0 Å². The first kappa shape index (κ1) is 17.4. The second kappa shape index (κ2) is 9.36. The maximum absolute atomic E-state index is 11.1. The van der Waals surface area contributed by atoms with E-state index < -0.39 is 11.9 Å². The number of hydrogen-bond acceptors (Lipinski definition) is 2. The van der Waals surface area contributed by atoms with Gasteiger partial charge in [-0.3, -0.25) is 0 Å². The minimum atomic E-state index is -1.18. The Hall–Kier alpha value is -1.58. The van der Waals surface area contributed by atoms with Crippen LogP contribution in [0.1, 0.15) is 52.4 Å². The molecule has 4 nitrogen and oxygen atoms in total. The fourth-order valence-corrected chi connectivity index (χ4v) is 1.92. The van der Waals surface area contributed by atoms with Crippen LogP contribution in [0.5, 0.6) is 0 Å². The molecule has 0 amide bonds. The van der Waals surface area contributed by atoms with E-state index in [9.17, 15) is 9.59 Å². The third-order valence-corrected chi connectivity index (χ3v) is 3.26. The lowest BCUT2D eigenvalue weighted by atomic mass is 9.92. The van der Waals surface area contributed by atoms with E-state index in [1.54, 1.807) is 0 Å². The third-order valence-electron chi connectivity index (χ3n) is 3.26. The largest absolute Gasteiger partial charge is 0.478 e. The highest BCUT2D eigenvalue weighted by atomic mass is 16.4. The summed E-state index contributed by atoms with van der Waals surface area (Å²) in [6.45, 7) is 7.56. The normalized spacial score (nSPS) is 13.1. The first-order chi connectivity index (χ1) is 8.92. The quantitative estimate of drug-likeness (QED) is 0.468. The molecule has 0 aliphatic carbocycles. The van der Waals surface area contributed by atoms with Gasteiger partial charge in [0, 0.05) is 5.57 Å². The fourth-order valence-electron chi connectivity index (χ4n) is 1.92.